The lowest BCUT2D eigenvalue weighted by atomic mass is 10.2. The number of anilines is 2. The maximum absolute atomic E-state index is 13.2. The highest BCUT2D eigenvalue weighted by molar-refractivity contribution is 7.92. The van der Waals surface area contributed by atoms with E-state index in [1.165, 1.54) is 18.2 Å². The molecular weight excluding hydrogens is 374 g/mol. The second-order valence-electron chi connectivity index (χ2n) is 5.38. The predicted octanol–water partition coefficient (Wildman–Crippen LogP) is 3.33. The quantitative estimate of drug-likeness (QED) is 0.854. The van der Waals surface area contributed by atoms with Crippen LogP contribution >= 0.6 is 11.6 Å². The van der Waals surface area contributed by atoms with Crippen LogP contribution in [0.1, 0.15) is 5.56 Å². The van der Waals surface area contributed by atoms with Gasteiger partial charge in [-0.3, -0.25) is 9.10 Å². The van der Waals surface area contributed by atoms with Crippen LogP contribution in [0.3, 0.4) is 0 Å². The van der Waals surface area contributed by atoms with Gasteiger partial charge in [0.15, 0.2) is 11.6 Å². The Balaban J connectivity index is 2.25. The molecule has 0 atom stereocenters. The van der Waals surface area contributed by atoms with E-state index >= 15 is 0 Å². The van der Waals surface area contributed by atoms with Crippen LogP contribution in [0, 0.1) is 18.6 Å². The standard InChI is InChI=1S/C16H15ClF2N2O3S/c1-10-7-11(17)3-6-15(10)21(25(2,23)24)9-16(22)20-12-4-5-13(18)14(19)8-12/h3-8H,9H2,1-2H3,(H,20,22). The molecule has 0 aliphatic carbocycles. The first-order valence-corrected chi connectivity index (χ1v) is 9.29. The Morgan fingerprint density at radius 2 is 1.84 bits per heavy atom. The van der Waals surface area contributed by atoms with Gasteiger partial charge in [-0.15, -0.1) is 0 Å². The first-order chi connectivity index (χ1) is 11.6. The van der Waals surface area contributed by atoms with Gasteiger partial charge in [0.2, 0.25) is 15.9 Å². The summed E-state index contributed by atoms with van der Waals surface area (Å²) < 4.78 is 51.1. The molecule has 0 heterocycles. The fraction of sp³-hybridized carbons (Fsp3) is 0.188. The van der Waals surface area contributed by atoms with Crippen molar-refractivity contribution < 1.29 is 22.0 Å². The van der Waals surface area contributed by atoms with E-state index < -0.39 is 34.1 Å². The Morgan fingerprint density at radius 1 is 1.16 bits per heavy atom. The SMILES string of the molecule is Cc1cc(Cl)ccc1N(CC(=O)Nc1ccc(F)c(F)c1)S(C)(=O)=O. The van der Waals surface area contributed by atoms with E-state index in [0.29, 0.717) is 16.3 Å². The second-order valence-corrected chi connectivity index (χ2v) is 7.72. The minimum Gasteiger partial charge on any atom is -0.324 e. The molecule has 134 valence electrons. The number of carbonyl (C=O) groups excluding carboxylic acids is 1. The van der Waals surface area contributed by atoms with Crippen molar-refractivity contribution in [3.8, 4) is 0 Å². The third-order valence-electron chi connectivity index (χ3n) is 3.32. The highest BCUT2D eigenvalue weighted by Crippen LogP contribution is 2.25. The third-order valence-corrected chi connectivity index (χ3v) is 4.68. The average molecular weight is 389 g/mol. The maximum Gasteiger partial charge on any atom is 0.245 e. The lowest BCUT2D eigenvalue weighted by Gasteiger charge is -2.23. The minimum absolute atomic E-state index is 0.0187. The third kappa shape index (κ3) is 4.90. The fourth-order valence-electron chi connectivity index (χ4n) is 2.18. The molecule has 0 aliphatic rings. The number of carbonyl (C=O) groups is 1. The summed E-state index contributed by atoms with van der Waals surface area (Å²) in [6.07, 6.45) is 0.964. The molecule has 25 heavy (non-hydrogen) atoms. The molecule has 1 N–H and O–H groups in total. The van der Waals surface area contributed by atoms with Crippen LogP contribution in [0.25, 0.3) is 0 Å². The minimum atomic E-state index is -3.76. The van der Waals surface area contributed by atoms with E-state index in [0.717, 1.165) is 22.7 Å². The Labute approximate surface area is 149 Å². The van der Waals surface area contributed by atoms with Crippen LogP contribution < -0.4 is 9.62 Å². The molecule has 2 rings (SSSR count). The van der Waals surface area contributed by atoms with E-state index in [1.807, 2.05) is 0 Å². The summed E-state index contributed by atoms with van der Waals surface area (Å²) >= 11 is 5.86. The number of halogens is 3. The Bertz CT molecular complexity index is 920. The summed E-state index contributed by atoms with van der Waals surface area (Å²) in [6.45, 7) is 1.13. The van der Waals surface area contributed by atoms with Crippen molar-refractivity contribution in [3.05, 3.63) is 58.6 Å². The van der Waals surface area contributed by atoms with Crippen LogP contribution in [0.5, 0.6) is 0 Å². The van der Waals surface area contributed by atoms with Crippen molar-refractivity contribution in [3.63, 3.8) is 0 Å². The summed E-state index contributed by atoms with van der Waals surface area (Å²) in [5, 5.41) is 2.77. The second kappa shape index (κ2) is 7.37. The van der Waals surface area contributed by atoms with Crippen molar-refractivity contribution in [1.82, 2.24) is 0 Å². The lowest BCUT2D eigenvalue weighted by Crippen LogP contribution is -2.37. The predicted molar refractivity (Wildman–Crippen MR) is 93.4 cm³/mol. The number of benzene rings is 2. The molecule has 0 saturated carbocycles. The number of rotatable bonds is 5. The normalized spacial score (nSPS) is 11.2. The van der Waals surface area contributed by atoms with Crippen LogP contribution in [0.4, 0.5) is 20.2 Å². The van der Waals surface area contributed by atoms with Crippen LogP contribution in [0.15, 0.2) is 36.4 Å². The number of nitrogens with one attached hydrogen (secondary N) is 1. The van der Waals surface area contributed by atoms with Crippen molar-refractivity contribution in [2.75, 3.05) is 22.4 Å². The number of hydrogen-bond donors (Lipinski definition) is 1. The van der Waals surface area contributed by atoms with E-state index in [2.05, 4.69) is 5.32 Å². The summed E-state index contributed by atoms with van der Waals surface area (Å²) in [5.41, 5.74) is 0.885. The van der Waals surface area contributed by atoms with Gasteiger partial charge in [-0.05, 0) is 42.8 Å². The largest absolute Gasteiger partial charge is 0.324 e. The first kappa shape index (κ1) is 19.1. The number of nitrogens with zero attached hydrogens (tertiary/aromatic N) is 1. The molecule has 2 aromatic rings. The molecule has 1 amide bonds. The van der Waals surface area contributed by atoms with E-state index in [1.54, 1.807) is 13.0 Å². The van der Waals surface area contributed by atoms with E-state index in [-0.39, 0.29) is 5.69 Å². The van der Waals surface area contributed by atoms with E-state index in [9.17, 15) is 22.0 Å². The topological polar surface area (TPSA) is 66.5 Å². The number of amides is 1. The Hall–Kier alpha value is -2.19. The first-order valence-electron chi connectivity index (χ1n) is 7.06. The molecule has 0 unspecified atom stereocenters. The highest BCUT2D eigenvalue weighted by atomic mass is 35.5. The molecule has 0 aromatic heterocycles. The summed E-state index contributed by atoms with van der Waals surface area (Å²) in [4.78, 5) is 12.2. The zero-order valence-corrected chi connectivity index (χ0v) is 15.0. The molecule has 9 heteroatoms. The van der Waals surface area contributed by atoms with Crippen molar-refractivity contribution >= 4 is 38.9 Å². The van der Waals surface area contributed by atoms with Crippen LogP contribution in [-0.4, -0.2) is 27.1 Å². The molecule has 0 bridgehead atoms. The van der Waals surface area contributed by atoms with Crippen molar-refractivity contribution in [1.29, 1.82) is 0 Å². The highest BCUT2D eigenvalue weighted by Gasteiger charge is 2.22. The van der Waals surface area contributed by atoms with E-state index in [4.69, 9.17) is 11.6 Å². The van der Waals surface area contributed by atoms with Gasteiger partial charge < -0.3 is 5.32 Å². The van der Waals surface area contributed by atoms with Gasteiger partial charge in [0.25, 0.3) is 0 Å². The molecule has 0 fully saturated rings. The molecule has 0 radical (unpaired) electrons. The maximum atomic E-state index is 13.2. The number of sulfonamides is 1. The summed E-state index contributed by atoms with van der Waals surface area (Å²) in [5.74, 6) is -2.87. The van der Waals surface area contributed by atoms with Crippen LogP contribution in [0.2, 0.25) is 5.02 Å². The monoisotopic (exact) mass is 388 g/mol. The lowest BCUT2D eigenvalue weighted by molar-refractivity contribution is -0.114. The summed E-state index contributed by atoms with van der Waals surface area (Å²) in [6, 6.07) is 7.42. The van der Waals surface area contributed by atoms with Gasteiger partial charge in [-0.1, -0.05) is 11.6 Å². The molecular formula is C16H15ClF2N2O3S. The van der Waals surface area contributed by atoms with Gasteiger partial charge in [0.1, 0.15) is 6.54 Å². The Kier molecular flexibility index (Phi) is 5.64. The molecule has 0 spiro atoms. The van der Waals surface area contributed by atoms with Gasteiger partial charge in [-0.25, -0.2) is 17.2 Å². The van der Waals surface area contributed by atoms with Gasteiger partial charge in [0.05, 0.1) is 11.9 Å². The van der Waals surface area contributed by atoms with Crippen LogP contribution in [-0.2, 0) is 14.8 Å². The molecule has 0 aliphatic heterocycles. The zero-order chi connectivity index (χ0) is 18.8. The smallest absolute Gasteiger partial charge is 0.245 e. The molecule has 0 saturated heterocycles. The molecule has 5 nitrogen and oxygen atoms in total. The van der Waals surface area contributed by atoms with Gasteiger partial charge in [-0.2, -0.15) is 0 Å². The molecule has 2 aromatic carbocycles. The zero-order valence-electron chi connectivity index (χ0n) is 13.4. The van der Waals surface area contributed by atoms with Gasteiger partial charge in [0, 0.05) is 16.8 Å². The van der Waals surface area contributed by atoms with Crippen molar-refractivity contribution in [2.45, 2.75) is 6.92 Å². The van der Waals surface area contributed by atoms with Crippen molar-refractivity contribution in [2.24, 2.45) is 0 Å². The Morgan fingerprint density at radius 3 is 2.40 bits per heavy atom. The summed E-state index contributed by atoms with van der Waals surface area (Å²) in [7, 11) is -3.76. The number of aryl methyl sites for hydroxylation is 1. The number of hydrogen-bond acceptors (Lipinski definition) is 3. The van der Waals surface area contributed by atoms with Gasteiger partial charge >= 0.3 is 0 Å². The average Bonchev–Trinajstić information content (AvgIpc) is 2.48. The fourth-order valence-corrected chi connectivity index (χ4v) is 3.33.